The van der Waals surface area contributed by atoms with Gasteiger partial charge in [-0.3, -0.25) is 0 Å². The number of hydrogen-bond acceptors (Lipinski definition) is 6. The summed E-state index contributed by atoms with van der Waals surface area (Å²) in [6, 6.07) is 10.0. The molecular weight excluding hydrogens is 310 g/mol. The molecule has 0 saturated carbocycles. The fraction of sp³-hybridized carbons (Fsp3) is 0.529. The van der Waals surface area contributed by atoms with E-state index in [1.54, 1.807) is 11.3 Å². The van der Waals surface area contributed by atoms with Crippen molar-refractivity contribution in [3.63, 3.8) is 0 Å². The Morgan fingerprint density at radius 2 is 2.09 bits per heavy atom. The van der Waals surface area contributed by atoms with Gasteiger partial charge in [0.15, 0.2) is 0 Å². The maximum atomic E-state index is 10.4. The van der Waals surface area contributed by atoms with Crippen LogP contribution < -0.4 is 4.90 Å². The summed E-state index contributed by atoms with van der Waals surface area (Å²) >= 11 is 1.56. The molecular formula is C17H23N3O2S. The summed E-state index contributed by atoms with van der Waals surface area (Å²) in [5.41, 5.74) is 0.612. The third-order valence-electron chi connectivity index (χ3n) is 4.65. The smallest absolute Gasteiger partial charge is 0.208 e. The average molecular weight is 333 g/mol. The second-order valence-corrected chi connectivity index (χ2v) is 7.21. The molecule has 23 heavy (non-hydrogen) atoms. The summed E-state index contributed by atoms with van der Waals surface area (Å²) in [5.74, 6) is 0. The van der Waals surface area contributed by atoms with Gasteiger partial charge in [0.2, 0.25) is 5.13 Å². The second-order valence-electron chi connectivity index (χ2n) is 6.25. The number of benzene rings is 1. The number of anilines is 1. The molecule has 124 valence electrons. The van der Waals surface area contributed by atoms with Crippen LogP contribution in [0.2, 0.25) is 0 Å². The third kappa shape index (κ3) is 3.24. The topological polar surface area (TPSA) is 69.5 Å². The molecule has 0 bridgehead atoms. The number of rotatable bonds is 5. The van der Waals surface area contributed by atoms with Gasteiger partial charge in [-0.15, -0.1) is 10.2 Å². The lowest BCUT2D eigenvalue weighted by atomic mass is 9.75. The van der Waals surface area contributed by atoms with Crippen molar-refractivity contribution in [1.82, 2.24) is 10.2 Å². The molecule has 1 aromatic heterocycles. The number of hydrogen-bond donors (Lipinski definition) is 2. The van der Waals surface area contributed by atoms with Gasteiger partial charge in [-0.2, -0.15) is 0 Å². The van der Waals surface area contributed by atoms with E-state index < -0.39 is 11.5 Å². The zero-order chi connectivity index (χ0) is 16.3. The van der Waals surface area contributed by atoms with Gasteiger partial charge in [-0.05, 0) is 12.8 Å². The van der Waals surface area contributed by atoms with Crippen LogP contribution in [0.25, 0.3) is 10.6 Å². The Labute approximate surface area is 140 Å². The van der Waals surface area contributed by atoms with E-state index in [0.717, 1.165) is 35.1 Å². The summed E-state index contributed by atoms with van der Waals surface area (Å²) in [6.45, 7) is 3.46. The van der Waals surface area contributed by atoms with Gasteiger partial charge in [0.1, 0.15) is 5.01 Å². The zero-order valence-electron chi connectivity index (χ0n) is 13.4. The normalized spacial score (nSPS) is 24.8. The predicted octanol–water partition coefficient (Wildman–Crippen LogP) is 2.55. The summed E-state index contributed by atoms with van der Waals surface area (Å²) in [4.78, 5) is 2.16. The van der Waals surface area contributed by atoms with E-state index in [4.69, 9.17) is 0 Å². The van der Waals surface area contributed by atoms with Crippen LogP contribution in [-0.4, -0.2) is 46.2 Å². The maximum Gasteiger partial charge on any atom is 0.208 e. The quantitative estimate of drug-likeness (QED) is 0.880. The minimum absolute atomic E-state index is 0.00283. The first kappa shape index (κ1) is 16.4. The Balaban J connectivity index is 1.81. The van der Waals surface area contributed by atoms with Crippen molar-refractivity contribution in [2.45, 2.75) is 32.3 Å². The summed E-state index contributed by atoms with van der Waals surface area (Å²) in [7, 11) is 0. The van der Waals surface area contributed by atoms with Gasteiger partial charge in [-0.25, -0.2) is 0 Å². The molecule has 2 atom stereocenters. The van der Waals surface area contributed by atoms with Crippen LogP contribution in [0, 0.1) is 5.41 Å². The van der Waals surface area contributed by atoms with E-state index in [0.29, 0.717) is 13.0 Å². The Morgan fingerprint density at radius 1 is 1.30 bits per heavy atom. The van der Waals surface area contributed by atoms with Crippen molar-refractivity contribution in [1.29, 1.82) is 0 Å². The fourth-order valence-electron chi connectivity index (χ4n) is 3.33. The maximum absolute atomic E-state index is 10.4. The van der Waals surface area contributed by atoms with Crippen molar-refractivity contribution in [3.05, 3.63) is 30.3 Å². The largest absolute Gasteiger partial charge is 0.396 e. The van der Waals surface area contributed by atoms with Gasteiger partial charge in [0.25, 0.3) is 0 Å². The highest BCUT2D eigenvalue weighted by atomic mass is 32.1. The van der Waals surface area contributed by atoms with Crippen molar-refractivity contribution >= 4 is 16.5 Å². The Morgan fingerprint density at radius 3 is 2.78 bits per heavy atom. The molecule has 0 amide bonds. The summed E-state index contributed by atoms with van der Waals surface area (Å²) in [5, 5.41) is 30.7. The highest BCUT2D eigenvalue weighted by Gasteiger charge is 2.42. The fourth-order valence-corrected chi connectivity index (χ4v) is 4.21. The van der Waals surface area contributed by atoms with E-state index in [2.05, 4.69) is 22.0 Å². The first-order valence-corrected chi connectivity index (χ1v) is 8.93. The summed E-state index contributed by atoms with van der Waals surface area (Å²) in [6.07, 6.45) is 1.95. The molecule has 0 spiro atoms. The van der Waals surface area contributed by atoms with Gasteiger partial charge < -0.3 is 15.1 Å². The van der Waals surface area contributed by atoms with E-state index in [1.807, 2.05) is 30.3 Å². The number of piperidine rings is 1. The van der Waals surface area contributed by atoms with Gasteiger partial charge in [0.05, 0.1) is 12.7 Å². The van der Waals surface area contributed by atoms with E-state index >= 15 is 0 Å². The second kappa shape index (κ2) is 6.95. The SMILES string of the molecule is CCC[C@@]1(CO)CN(c2nnc(-c3ccccc3)s2)CC[C@H]1O. The van der Waals surface area contributed by atoms with Crippen LogP contribution >= 0.6 is 11.3 Å². The minimum Gasteiger partial charge on any atom is -0.396 e. The minimum atomic E-state index is -0.454. The molecule has 2 heterocycles. The lowest BCUT2D eigenvalue weighted by molar-refractivity contribution is -0.0352. The molecule has 1 saturated heterocycles. The molecule has 2 aromatic rings. The van der Waals surface area contributed by atoms with Crippen LogP contribution in [0.3, 0.4) is 0 Å². The zero-order valence-corrected chi connectivity index (χ0v) is 14.2. The van der Waals surface area contributed by atoms with E-state index in [1.165, 1.54) is 0 Å². The van der Waals surface area contributed by atoms with Crippen molar-refractivity contribution in [2.75, 3.05) is 24.6 Å². The van der Waals surface area contributed by atoms with Crippen LogP contribution in [0.5, 0.6) is 0 Å². The molecule has 1 aromatic carbocycles. The van der Waals surface area contributed by atoms with E-state index in [-0.39, 0.29) is 6.61 Å². The monoisotopic (exact) mass is 333 g/mol. The number of aliphatic hydroxyl groups is 2. The number of nitrogens with zero attached hydrogens (tertiary/aromatic N) is 3. The highest BCUT2D eigenvalue weighted by Crippen LogP contribution is 2.38. The first-order valence-electron chi connectivity index (χ1n) is 8.11. The highest BCUT2D eigenvalue weighted by molar-refractivity contribution is 7.18. The van der Waals surface area contributed by atoms with Crippen LogP contribution in [0.15, 0.2) is 30.3 Å². The molecule has 1 aliphatic heterocycles. The molecule has 3 rings (SSSR count). The standard InChI is InChI=1S/C17H23N3O2S/c1-2-9-17(12-21)11-20(10-8-14(17)22)16-19-18-15(23-16)13-6-4-3-5-7-13/h3-7,14,21-22H,2,8-12H2,1H3/t14-,17+/m1/s1. The molecule has 1 aliphatic rings. The number of aromatic nitrogens is 2. The van der Waals surface area contributed by atoms with Gasteiger partial charge >= 0.3 is 0 Å². The lowest BCUT2D eigenvalue weighted by Gasteiger charge is -2.45. The Kier molecular flexibility index (Phi) is 4.94. The predicted molar refractivity (Wildman–Crippen MR) is 92.6 cm³/mol. The lowest BCUT2D eigenvalue weighted by Crippen LogP contribution is -2.53. The van der Waals surface area contributed by atoms with Gasteiger partial charge in [0, 0.05) is 24.1 Å². The van der Waals surface area contributed by atoms with E-state index in [9.17, 15) is 10.2 Å². The van der Waals surface area contributed by atoms with Crippen LogP contribution in [-0.2, 0) is 0 Å². The molecule has 0 radical (unpaired) electrons. The molecule has 0 unspecified atom stereocenters. The Hall–Kier alpha value is -1.50. The van der Waals surface area contributed by atoms with Crippen molar-refractivity contribution in [2.24, 2.45) is 5.41 Å². The molecule has 1 fully saturated rings. The molecule has 2 N–H and O–H groups in total. The van der Waals surface area contributed by atoms with Crippen LogP contribution in [0.4, 0.5) is 5.13 Å². The number of aliphatic hydroxyl groups excluding tert-OH is 2. The average Bonchev–Trinajstić information content (AvgIpc) is 3.08. The van der Waals surface area contributed by atoms with Crippen LogP contribution in [0.1, 0.15) is 26.2 Å². The molecule has 0 aliphatic carbocycles. The molecule has 6 heteroatoms. The Bertz CT molecular complexity index is 634. The first-order chi connectivity index (χ1) is 11.2. The summed E-state index contributed by atoms with van der Waals surface area (Å²) < 4.78 is 0. The van der Waals surface area contributed by atoms with Crippen molar-refractivity contribution in [3.8, 4) is 10.6 Å². The van der Waals surface area contributed by atoms with Crippen molar-refractivity contribution < 1.29 is 10.2 Å². The molecule has 5 nitrogen and oxygen atoms in total. The third-order valence-corrected chi connectivity index (χ3v) is 5.69. The van der Waals surface area contributed by atoms with Gasteiger partial charge in [-0.1, -0.05) is 55.0 Å².